The minimum atomic E-state index is -0.362. The monoisotopic (exact) mass is 460 g/mol. The van der Waals surface area contributed by atoms with Gasteiger partial charge in [-0.15, -0.1) is 11.3 Å². The summed E-state index contributed by atoms with van der Waals surface area (Å²) in [6, 6.07) is 15.2. The van der Waals surface area contributed by atoms with Crippen LogP contribution in [-0.2, 0) is 20.9 Å². The van der Waals surface area contributed by atoms with E-state index in [1.165, 1.54) is 25.2 Å². The van der Waals surface area contributed by atoms with Crippen LogP contribution >= 0.6 is 11.3 Å². The maximum absolute atomic E-state index is 12.8. The topological polar surface area (TPSA) is 91.4 Å². The molecule has 3 aromatic rings. The average Bonchev–Trinajstić information content (AvgIpc) is 3.26. The van der Waals surface area contributed by atoms with Crippen molar-refractivity contribution in [3.8, 4) is 11.3 Å². The number of nitrogens with one attached hydrogen (secondary N) is 2. The van der Waals surface area contributed by atoms with E-state index in [0.29, 0.717) is 11.7 Å². The predicted octanol–water partition coefficient (Wildman–Crippen LogP) is 4.35. The van der Waals surface area contributed by atoms with Gasteiger partial charge in [-0.25, -0.2) is 4.98 Å². The normalized spacial score (nSPS) is 14.5. The van der Waals surface area contributed by atoms with Gasteiger partial charge in [-0.1, -0.05) is 48.5 Å². The number of carbonyl (C=O) groups excluding carboxylic acids is 3. The standard InChI is InChI=1S/C25H24N4O3S/c1-16(30)26-14-18-7-9-20(10-8-18)22-15-33-25(27-22)28-24(32)13-23-21-6-4-3-5-19(21)11-12-29(23)17(2)31/h3-12,15,23H,13-14H2,1-2H3,(H,26,30)(H,27,28,32). The first-order valence-corrected chi connectivity index (χ1v) is 11.4. The van der Waals surface area contributed by atoms with Crippen molar-refractivity contribution < 1.29 is 14.4 Å². The van der Waals surface area contributed by atoms with Crippen LogP contribution in [0.4, 0.5) is 5.13 Å². The minimum absolute atomic E-state index is 0.0712. The van der Waals surface area contributed by atoms with Crippen LogP contribution in [0, 0.1) is 0 Å². The lowest BCUT2D eigenvalue weighted by Gasteiger charge is -2.32. The zero-order valence-corrected chi connectivity index (χ0v) is 19.2. The van der Waals surface area contributed by atoms with E-state index in [-0.39, 0.29) is 30.2 Å². The first-order valence-electron chi connectivity index (χ1n) is 10.6. The number of benzene rings is 2. The van der Waals surface area contributed by atoms with E-state index in [9.17, 15) is 14.4 Å². The Kier molecular flexibility index (Phi) is 6.65. The number of hydrogen-bond donors (Lipinski definition) is 2. The second-order valence-electron chi connectivity index (χ2n) is 7.78. The van der Waals surface area contributed by atoms with Crippen LogP contribution in [0.1, 0.15) is 43.0 Å². The van der Waals surface area contributed by atoms with Gasteiger partial charge < -0.3 is 15.5 Å². The van der Waals surface area contributed by atoms with E-state index in [1.54, 1.807) is 11.1 Å². The molecule has 2 aromatic carbocycles. The minimum Gasteiger partial charge on any atom is -0.352 e. The number of anilines is 1. The Morgan fingerprint density at radius 2 is 1.82 bits per heavy atom. The highest BCUT2D eigenvalue weighted by molar-refractivity contribution is 7.14. The summed E-state index contributed by atoms with van der Waals surface area (Å²) in [5.74, 6) is -0.391. The molecule has 0 saturated carbocycles. The molecule has 1 aliphatic rings. The van der Waals surface area contributed by atoms with E-state index < -0.39 is 0 Å². The number of thiazole rings is 1. The number of aromatic nitrogens is 1. The van der Waals surface area contributed by atoms with E-state index in [4.69, 9.17) is 0 Å². The van der Waals surface area contributed by atoms with Crippen LogP contribution in [0.25, 0.3) is 17.3 Å². The van der Waals surface area contributed by atoms with E-state index in [1.807, 2.05) is 60.0 Å². The summed E-state index contributed by atoms with van der Waals surface area (Å²) < 4.78 is 0. The zero-order chi connectivity index (χ0) is 23.4. The van der Waals surface area contributed by atoms with Gasteiger partial charge in [-0.05, 0) is 22.8 Å². The molecule has 0 fully saturated rings. The largest absolute Gasteiger partial charge is 0.352 e. The van der Waals surface area contributed by atoms with Crippen molar-refractivity contribution in [1.82, 2.24) is 15.2 Å². The predicted molar refractivity (Wildman–Crippen MR) is 129 cm³/mol. The fourth-order valence-corrected chi connectivity index (χ4v) is 4.48. The van der Waals surface area contributed by atoms with Crippen molar-refractivity contribution in [3.63, 3.8) is 0 Å². The summed E-state index contributed by atoms with van der Waals surface area (Å²) in [5, 5.41) is 8.03. The first-order chi connectivity index (χ1) is 15.9. The Bertz CT molecular complexity index is 1220. The molecule has 3 amide bonds. The van der Waals surface area contributed by atoms with Crippen LogP contribution in [0.2, 0.25) is 0 Å². The van der Waals surface area contributed by atoms with Gasteiger partial charge in [0.25, 0.3) is 0 Å². The molecule has 1 aromatic heterocycles. The lowest BCUT2D eigenvalue weighted by atomic mass is 9.93. The van der Waals surface area contributed by atoms with Gasteiger partial charge in [0.2, 0.25) is 17.7 Å². The number of amides is 3. The van der Waals surface area contributed by atoms with Crippen LogP contribution < -0.4 is 10.6 Å². The van der Waals surface area contributed by atoms with E-state index >= 15 is 0 Å². The van der Waals surface area contributed by atoms with Crippen molar-refractivity contribution in [3.05, 3.63) is 76.8 Å². The molecule has 8 heteroatoms. The average molecular weight is 461 g/mol. The molecule has 4 rings (SSSR count). The van der Waals surface area contributed by atoms with Gasteiger partial charge in [-0.2, -0.15) is 0 Å². The smallest absolute Gasteiger partial charge is 0.228 e. The molecule has 1 aliphatic heterocycles. The summed E-state index contributed by atoms with van der Waals surface area (Å²) in [7, 11) is 0. The number of carbonyl (C=O) groups is 3. The lowest BCUT2D eigenvalue weighted by molar-refractivity contribution is -0.129. The van der Waals surface area contributed by atoms with Gasteiger partial charge in [0.05, 0.1) is 18.2 Å². The molecule has 0 spiro atoms. The molecule has 33 heavy (non-hydrogen) atoms. The summed E-state index contributed by atoms with van der Waals surface area (Å²) >= 11 is 1.35. The highest BCUT2D eigenvalue weighted by Gasteiger charge is 2.28. The molecule has 0 aliphatic carbocycles. The Morgan fingerprint density at radius 1 is 1.06 bits per heavy atom. The van der Waals surface area contributed by atoms with Crippen LogP contribution in [0.5, 0.6) is 0 Å². The van der Waals surface area contributed by atoms with Crippen molar-refractivity contribution in [2.24, 2.45) is 0 Å². The fraction of sp³-hybridized carbons (Fsp3) is 0.200. The number of fused-ring (bicyclic) bond motifs is 1. The Morgan fingerprint density at radius 3 is 2.55 bits per heavy atom. The van der Waals surface area contributed by atoms with E-state index in [0.717, 1.165) is 27.9 Å². The molecule has 1 unspecified atom stereocenters. The Balaban J connectivity index is 1.43. The van der Waals surface area contributed by atoms with Crippen LogP contribution in [0.15, 0.2) is 60.1 Å². The van der Waals surface area contributed by atoms with Crippen molar-refractivity contribution in [2.75, 3.05) is 5.32 Å². The maximum atomic E-state index is 12.8. The highest BCUT2D eigenvalue weighted by atomic mass is 32.1. The third-order valence-corrected chi connectivity index (χ3v) is 6.15. The third kappa shape index (κ3) is 5.35. The maximum Gasteiger partial charge on any atom is 0.228 e. The molecular weight excluding hydrogens is 436 g/mol. The molecular formula is C25H24N4O3S. The van der Waals surface area contributed by atoms with Gasteiger partial charge in [0.15, 0.2) is 5.13 Å². The van der Waals surface area contributed by atoms with Crippen molar-refractivity contribution in [1.29, 1.82) is 0 Å². The fourth-order valence-electron chi connectivity index (χ4n) is 3.74. The molecule has 0 bridgehead atoms. The second-order valence-corrected chi connectivity index (χ2v) is 8.64. The second kappa shape index (κ2) is 9.79. The van der Waals surface area contributed by atoms with Gasteiger partial charge >= 0.3 is 0 Å². The molecule has 1 atom stereocenters. The van der Waals surface area contributed by atoms with Crippen molar-refractivity contribution >= 4 is 40.3 Å². The van der Waals surface area contributed by atoms with Crippen LogP contribution in [-0.4, -0.2) is 27.6 Å². The Labute approximate surface area is 196 Å². The molecule has 2 heterocycles. The summed E-state index contributed by atoms with van der Waals surface area (Å²) in [4.78, 5) is 42.2. The zero-order valence-electron chi connectivity index (χ0n) is 18.4. The number of rotatable bonds is 6. The van der Waals surface area contributed by atoms with Crippen molar-refractivity contribution in [2.45, 2.75) is 32.9 Å². The summed E-state index contributed by atoms with van der Waals surface area (Å²) in [5.41, 5.74) is 4.63. The van der Waals surface area contributed by atoms with Gasteiger partial charge in [0.1, 0.15) is 0 Å². The molecule has 168 valence electrons. The van der Waals surface area contributed by atoms with Crippen LogP contribution in [0.3, 0.4) is 0 Å². The number of nitrogens with zero attached hydrogens (tertiary/aromatic N) is 2. The third-order valence-electron chi connectivity index (χ3n) is 5.39. The molecule has 7 nitrogen and oxygen atoms in total. The quantitative estimate of drug-likeness (QED) is 0.572. The SMILES string of the molecule is CC(=O)NCc1ccc(-c2csc(NC(=O)CC3c4ccccc4C=CN3C(C)=O)n2)cc1. The van der Waals surface area contributed by atoms with E-state index in [2.05, 4.69) is 15.6 Å². The first kappa shape index (κ1) is 22.4. The van der Waals surface area contributed by atoms with Gasteiger partial charge in [0, 0.05) is 37.5 Å². The van der Waals surface area contributed by atoms with Gasteiger partial charge in [-0.3, -0.25) is 14.4 Å². The Hall–Kier alpha value is -3.78. The summed E-state index contributed by atoms with van der Waals surface area (Å²) in [6.45, 7) is 3.46. The highest BCUT2D eigenvalue weighted by Crippen LogP contribution is 2.33. The summed E-state index contributed by atoms with van der Waals surface area (Å²) in [6.07, 6.45) is 3.76. The lowest BCUT2D eigenvalue weighted by Crippen LogP contribution is -2.33. The number of hydrogen-bond acceptors (Lipinski definition) is 5. The molecule has 0 saturated heterocycles. The molecule has 2 N–H and O–H groups in total. The molecule has 0 radical (unpaired) electrons.